The maximum atomic E-state index is 12.9. The molecule has 1 aromatic heterocycles. The minimum atomic E-state index is -1.18. The number of carboxylic acids is 1. The predicted molar refractivity (Wildman–Crippen MR) is 122 cm³/mol. The van der Waals surface area contributed by atoms with Crippen molar-refractivity contribution in [1.29, 1.82) is 0 Å². The van der Waals surface area contributed by atoms with E-state index in [1.807, 2.05) is 0 Å². The lowest BCUT2D eigenvalue weighted by atomic mass is 10.0. The van der Waals surface area contributed by atoms with Gasteiger partial charge in [-0.15, -0.1) is 34.9 Å². The molecule has 4 heterocycles. The van der Waals surface area contributed by atoms with Crippen LogP contribution in [0.3, 0.4) is 0 Å². The quantitative estimate of drug-likeness (QED) is 0.245. The molecule has 2 saturated heterocycles. The van der Waals surface area contributed by atoms with E-state index in [0.717, 1.165) is 11.3 Å². The summed E-state index contributed by atoms with van der Waals surface area (Å²) >= 11 is 3.91. The molecular formula is C18H21N5O7S3. The van der Waals surface area contributed by atoms with Gasteiger partial charge in [0.05, 0.1) is 13.2 Å². The smallest absolute Gasteiger partial charge is 0.353 e. The topological polar surface area (TPSA) is 166 Å². The second-order valence-electron chi connectivity index (χ2n) is 7.17. The normalized spacial score (nSPS) is 23.7. The number of amides is 2. The number of carbonyl (C=O) groups is 3. The molecule has 3 aliphatic rings. The van der Waals surface area contributed by atoms with Gasteiger partial charge in [-0.2, -0.15) is 0 Å². The van der Waals surface area contributed by atoms with Crippen LogP contribution in [0.15, 0.2) is 21.1 Å². The molecule has 0 aromatic carbocycles. The molecule has 12 nitrogen and oxygen atoms in total. The number of oxime groups is 1. The van der Waals surface area contributed by atoms with Crippen LogP contribution in [0.25, 0.3) is 0 Å². The Balaban J connectivity index is 1.45. The van der Waals surface area contributed by atoms with E-state index in [-0.39, 0.29) is 34.9 Å². The molecule has 15 heteroatoms. The molecule has 0 bridgehead atoms. The van der Waals surface area contributed by atoms with Crippen LogP contribution < -0.4 is 11.1 Å². The van der Waals surface area contributed by atoms with E-state index in [2.05, 4.69) is 15.5 Å². The molecule has 0 spiro atoms. The van der Waals surface area contributed by atoms with E-state index in [1.165, 1.54) is 35.5 Å². The summed E-state index contributed by atoms with van der Waals surface area (Å²) in [6.07, 6.45) is 0. The number of fused-ring (bicyclic) bond motifs is 1. The summed E-state index contributed by atoms with van der Waals surface area (Å²) in [7, 11) is 1.28. The summed E-state index contributed by atoms with van der Waals surface area (Å²) in [5.74, 6) is -1.19. The standard InChI is InChI=1S/C18H21N5O7S3/c1-28-22-11(9-5-33-18(19)20-9)14(24)21-12-15(25)23-13(17(26)27)10(6-32-16(12)23)31-4-8-2-29-7-30-3-8/h5,8,12,16H,2-4,6-7H2,1H3,(H2,19,20)(H,21,24)(H,26,27)/b22-11-/t12?,16-/m0/s1. The molecule has 2 amide bonds. The number of hydrogen-bond donors (Lipinski definition) is 3. The van der Waals surface area contributed by atoms with Gasteiger partial charge in [0.15, 0.2) is 10.8 Å². The van der Waals surface area contributed by atoms with Gasteiger partial charge in [-0.1, -0.05) is 5.16 Å². The molecular weight excluding hydrogens is 494 g/mol. The zero-order chi connectivity index (χ0) is 23.5. The highest BCUT2D eigenvalue weighted by atomic mass is 32.2. The van der Waals surface area contributed by atoms with Crippen molar-refractivity contribution in [2.24, 2.45) is 11.1 Å². The van der Waals surface area contributed by atoms with Crippen LogP contribution in [0.5, 0.6) is 0 Å². The second kappa shape index (κ2) is 10.3. The molecule has 1 unspecified atom stereocenters. The number of anilines is 1. The van der Waals surface area contributed by atoms with Crippen LogP contribution in [0.4, 0.5) is 5.13 Å². The molecule has 1 aromatic rings. The maximum Gasteiger partial charge on any atom is 0.353 e. The number of hydrogen-bond acceptors (Lipinski definition) is 12. The highest BCUT2D eigenvalue weighted by molar-refractivity contribution is 8.06. The number of nitrogens with one attached hydrogen (secondary N) is 1. The third-order valence-electron chi connectivity index (χ3n) is 4.95. The third kappa shape index (κ3) is 4.96. The monoisotopic (exact) mass is 515 g/mol. The zero-order valence-corrected chi connectivity index (χ0v) is 19.8. The summed E-state index contributed by atoms with van der Waals surface area (Å²) in [4.78, 5) is 48.2. The Morgan fingerprint density at radius 2 is 2.21 bits per heavy atom. The number of rotatable bonds is 8. The van der Waals surface area contributed by atoms with Gasteiger partial charge in [-0.05, 0) is 0 Å². The summed E-state index contributed by atoms with van der Waals surface area (Å²) in [6, 6.07) is -0.901. The lowest BCUT2D eigenvalue weighted by Crippen LogP contribution is -2.71. The Labute approximate surface area is 200 Å². The molecule has 33 heavy (non-hydrogen) atoms. The first kappa shape index (κ1) is 23.8. The van der Waals surface area contributed by atoms with Crippen molar-refractivity contribution in [3.05, 3.63) is 21.7 Å². The summed E-state index contributed by atoms with van der Waals surface area (Å²) in [5.41, 5.74) is 5.68. The van der Waals surface area contributed by atoms with Gasteiger partial charge in [-0.25, -0.2) is 9.78 Å². The van der Waals surface area contributed by atoms with Crippen molar-refractivity contribution in [1.82, 2.24) is 15.2 Å². The number of nitrogens with two attached hydrogens (primary N) is 1. The van der Waals surface area contributed by atoms with Crippen LogP contribution >= 0.6 is 34.9 Å². The van der Waals surface area contributed by atoms with E-state index in [1.54, 1.807) is 5.38 Å². The molecule has 3 aliphatic heterocycles. The first-order valence-electron chi connectivity index (χ1n) is 9.73. The zero-order valence-electron chi connectivity index (χ0n) is 17.4. The van der Waals surface area contributed by atoms with Crippen molar-refractivity contribution in [2.75, 3.05) is 44.4 Å². The first-order valence-corrected chi connectivity index (χ1v) is 12.6. The molecule has 2 atom stereocenters. The van der Waals surface area contributed by atoms with Gasteiger partial charge in [0.25, 0.3) is 11.8 Å². The lowest BCUT2D eigenvalue weighted by molar-refractivity contribution is -0.150. The van der Waals surface area contributed by atoms with Crippen molar-refractivity contribution in [2.45, 2.75) is 11.4 Å². The number of aromatic nitrogens is 1. The van der Waals surface area contributed by atoms with Crippen molar-refractivity contribution in [3.63, 3.8) is 0 Å². The van der Waals surface area contributed by atoms with E-state index >= 15 is 0 Å². The average molecular weight is 516 g/mol. The molecule has 178 valence electrons. The average Bonchev–Trinajstić information content (AvgIpc) is 3.25. The van der Waals surface area contributed by atoms with Gasteiger partial charge < -0.3 is 30.5 Å². The summed E-state index contributed by atoms with van der Waals surface area (Å²) in [6.45, 7) is 1.36. The van der Waals surface area contributed by atoms with Crippen molar-refractivity contribution < 1.29 is 33.8 Å². The van der Waals surface area contributed by atoms with Gasteiger partial charge in [-0.3, -0.25) is 14.5 Å². The van der Waals surface area contributed by atoms with Crippen LogP contribution in [-0.2, 0) is 28.7 Å². The molecule has 0 aliphatic carbocycles. The predicted octanol–water partition coefficient (Wildman–Crippen LogP) is 0.126. The Morgan fingerprint density at radius 1 is 1.45 bits per heavy atom. The van der Waals surface area contributed by atoms with Gasteiger partial charge in [0, 0.05) is 27.7 Å². The maximum absolute atomic E-state index is 12.9. The number of nitrogen functional groups attached to an aromatic ring is 1. The first-order chi connectivity index (χ1) is 15.9. The van der Waals surface area contributed by atoms with Gasteiger partial charge >= 0.3 is 5.97 Å². The minimum Gasteiger partial charge on any atom is -0.477 e. The number of carboxylic acid groups (broad SMARTS) is 1. The van der Waals surface area contributed by atoms with Gasteiger partial charge in [0.2, 0.25) is 0 Å². The van der Waals surface area contributed by atoms with E-state index in [4.69, 9.17) is 20.0 Å². The van der Waals surface area contributed by atoms with Crippen LogP contribution in [0, 0.1) is 5.92 Å². The van der Waals surface area contributed by atoms with Gasteiger partial charge in [0.1, 0.15) is 36.7 Å². The van der Waals surface area contributed by atoms with E-state index in [0.29, 0.717) is 29.6 Å². The number of carbonyl (C=O) groups excluding carboxylic acids is 2. The highest BCUT2D eigenvalue weighted by Crippen LogP contribution is 2.43. The number of β-lactam (4-membered cyclic amide) rings is 1. The van der Waals surface area contributed by atoms with Crippen LogP contribution in [0.2, 0.25) is 0 Å². The van der Waals surface area contributed by atoms with Crippen molar-refractivity contribution >= 4 is 63.5 Å². The van der Waals surface area contributed by atoms with Crippen molar-refractivity contribution in [3.8, 4) is 0 Å². The molecule has 0 saturated carbocycles. The molecule has 4 rings (SSSR count). The second-order valence-corrected chi connectivity index (χ2v) is 10.3. The molecule has 4 N–H and O–H groups in total. The number of nitrogens with zero attached hydrogens (tertiary/aromatic N) is 3. The van der Waals surface area contributed by atoms with E-state index in [9.17, 15) is 19.5 Å². The fourth-order valence-corrected chi connectivity index (χ4v) is 6.69. The fraction of sp³-hybridized carbons (Fsp3) is 0.500. The highest BCUT2D eigenvalue weighted by Gasteiger charge is 2.54. The molecule has 2 fully saturated rings. The Kier molecular flexibility index (Phi) is 7.43. The number of thioether (sulfide) groups is 2. The SMILES string of the molecule is CO/N=C(\C(=O)NC1C(=O)N2C(C(=O)O)=C(SCC3COCOC3)CS[C@@H]12)c1csc(N)n1. The summed E-state index contributed by atoms with van der Waals surface area (Å²) < 4.78 is 10.6. The van der Waals surface area contributed by atoms with Crippen LogP contribution in [-0.4, -0.2) is 88.5 Å². The van der Waals surface area contributed by atoms with Crippen LogP contribution in [0.1, 0.15) is 5.69 Å². The number of ether oxygens (including phenoxy) is 2. The Bertz CT molecular complexity index is 1010. The molecule has 0 radical (unpaired) electrons. The summed E-state index contributed by atoms with van der Waals surface area (Å²) in [5, 5.41) is 17.4. The Hall–Kier alpha value is -2.33. The fourth-order valence-electron chi connectivity index (χ4n) is 3.45. The number of aliphatic carboxylic acids is 1. The lowest BCUT2D eigenvalue weighted by Gasteiger charge is -2.49. The third-order valence-corrected chi connectivity index (χ3v) is 8.41. The minimum absolute atomic E-state index is 0.0463. The number of thiazole rings is 1. The largest absolute Gasteiger partial charge is 0.477 e. The Morgan fingerprint density at radius 3 is 2.85 bits per heavy atom. The van der Waals surface area contributed by atoms with E-state index < -0.39 is 29.2 Å².